The van der Waals surface area contributed by atoms with E-state index in [2.05, 4.69) is 10.0 Å². The molecule has 0 saturated heterocycles. The number of carbonyl (C=O) groups excluding carboxylic acids is 1. The summed E-state index contributed by atoms with van der Waals surface area (Å²) in [6.07, 6.45) is 0.0991. The van der Waals surface area contributed by atoms with Crippen LogP contribution in [0.2, 0.25) is 0 Å². The molecule has 10 heteroatoms. The number of non-ortho nitro benzene ring substituents is 1. The van der Waals surface area contributed by atoms with Gasteiger partial charge >= 0.3 is 5.97 Å². The third kappa shape index (κ3) is 7.23. The topological polar surface area (TPSA) is 128 Å². The average Bonchev–Trinajstić information content (AvgIpc) is 3.00. The van der Waals surface area contributed by atoms with Gasteiger partial charge in [-0.05, 0) is 35.7 Å². The molecule has 0 bridgehead atoms. The molecule has 0 aromatic heterocycles. The van der Waals surface area contributed by atoms with Crippen molar-refractivity contribution in [2.45, 2.75) is 36.4 Å². The molecule has 0 aliphatic heterocycles. The third-order valence-corrected chi connectivity index (χ3v) is 8.11. The first-order chi connectivity index (χ1) is 19.7. The van der Waals surface area contributed by atoms with Crippen LogP contribution in [0.15, 0.2) is 120 Å². The summed E-state index contributed by atoms with van der Waals surface area (Å²) in [5.41, 5.74) is 0.374. The van der Waals surface area contributed by atoms with Crippen molar-refractivity contribution in [1.29, 1.82) is 0 Å². The highest BCUT2D eigenvalue weighted by atomic mass is 32.2. The van der Waals surface area contributed by atoms with Crippen molar-refractivity contribution in [2.24, 2.45) is 0 Å². The second-order valence-corrected chi connectivity index (χ2v) is 11.1. The van der Waals surface area contributed by atoms with Gasteiger partial charge in [0.15, 0.2) is 0 Å². The minimum Gasteiger partial charge on any atom is -0.465 e. The summed E-state index contributed by atoms with van der Waals surface area (Å²) >= 11 is 0. The van der Waals surface area contributed by atoms with Gasteiger partial charge in [-0.1, -0.05) is 91.0 Å². The fourth-order valence-corrected chi connectivity index (χ4v) is 5.91. The van der Waals surface area contributed by atoms with Crippen LogP contribution >= 0.6 is 0 Å². The lowest BCUT2D eigenvalue weighted by atomic mass is 9.80. The van der Waals surface area contributed by atoms with Crippen LogP contribution < -0.4 is 10.0 Å². The van der Waals surface area contributed by atoms with E-state index in [0.29, 0.717) is 5.56 Å². The van der Waals surface area contributed by atoms with Crippen molar-refractivity contribution < 1.29 is 22.9 Å². The predicted molar refractivity (Wildman–Crippen MR) is 155 cm³/mol. The van der Waals surface area contributed by atoms with Crippen LogP contribution in [0.1, 0.15) is 29.7 Å². The number of nitrogens with zero attached hydrogens (tertiary/aromatic N) is 1. The normalized spacial score (nSPS) is 13.6. The Balaban J connectivity index is 1.87. The maximum atomic E-state index is 14.1. The van der Waals surface area contributed by atoms with E-state index >= 15 is 0 Å². The first kappa shape index (κ1) is 29.6. The van der Waals surface area contributed by atoms with Crippen LogP contribution in [0, 0.1) is 10.1 Å². The Labute approximate surface area is 239 Å². The summed E-state index contributed by atoms with van der Waals surface area (Å²) in [7, 11) is -4.28. The molecule has 2 N–H and O–H groups in total. The van der Waals surface area contributed by atoms with Crippen molar-refractivity contribution >= 4 is 21.7 Å². The Kier molecular flexibility index (Phi) is 9.61. The van der Waals surface area contributed by atoms with Crippen molar-refractivity contribution in [2.75, 3.05) is 6.61 Å². The van der Waals surface area contributed by atoms with Gasteiger partial charge in [0.1, 0.15) is 5.54 Å². The van der Waals surface area contributed by atoms with E-state index in [1.165, 1.54) is 12.1 Å². The first-order valence-corrected chi connectivity index (χ1v) is 14.6. The van der Waals surface area contributed by atoms with Crippen molar-refractivity contribution in [3.05, 3.63) is 142 Å². The van der Waals surface area contributed by atoms with E-state index in [-0.39, 0.29) is 30.2 Å². The van der Waals surface area contributed by atoms with Gasteiger partial charge in [-0.2, -0.15) is 0 Å². The Bertz CT molecular complexity index is 1550. The molecular weight excluding hydrogens is 542 g/mol. The molecule has 0 heterocycles. The lowest BCUT2D eigenvalue weighted by Gasteiger charge is -2.40. The molecule has 4 aromatic carbocycles. The molecule has 2 atom stereocenters. The summed E-state index contributed by atoms with van der Waals surface area (Å²) < 4.78 is 36.0. The average molecular weight is 574 g/mol. The van der Waals surface area contributed by atoms with Gasteiger partial charge in [-0.3, -0.25) is 15.4 Å². The van der Waals surface area contributed by atoms with Gasteiger partial charge in [-0.25, -0.2) is 17.9 Å². The van der Waals surface area contributed by atoms with Crippen LogP contribution in [-0.4, -0.2) is 31.5 Å². The van der Waals surface area contributed by atoms with Gasteiger partial charge < -0.3 is 4.74 Å². The zero-order chi connectivity index (χ0) is 29.3. The van der Waals surface area contributed by atoms with Gasteiger partial charge in [-0.15, -0.1) is 0 Å². The SMILES string of the molecule is CCOC(=O)C(Cc1ccccc1)(NCc1ccccc1)C(NS(=O)(=O)c1ccc([N+](=O)[O-])cc1)c1ccccc1. The monoisotopic (exact) mass is 573 g/mol. The van der Waals surface area contributed by atoms with Crippen LogP contribution in [0.25, 0.3) is 0 Å². The molecule has 41 heavy (non-hydrogen) atoms. The minimum absolute atomic E-state index is 0.0823. The van der Waals surface area contributed by atoms with E-state index in [0.717, 1.165) is 23.3 Å². The summed E-state index contributed by atoms with van der Waals surface area (Å²) in [5.74, 6) is -0.625. The van der Waals surface area contributed by atoms with Crippen LogP contribution in [-0.2, 0) is 32.5 Å². The van der Waals surface area contributed by atoms with Crippen LogP contribution in [0.5, 0.6) is 0 Å². The molecule has 0 aliphatic rings. The van der Waals surface area contributed by atoms with Crippen molar-refractivity contribution in [1.82, 2.24) is 10.0 Å². The highest BCUT2D eigenvalue weighted by Crippen LogP contribution is 2.34. The van der Waals surface area contributed by atoms with Crippen LogP contribution in [0.4, 0.5) is 5.69 Å². The minimum atomic E-state index is -4.28. The zero-order valence-corrected chi connectivity index (χ0v) is 23.3. The maximum absolute atomic E-state index is 14.1. The Morgan fingerprint density at radius 2 is 1.39 bits per heavy atom. The van der Waals surface area contributed by atoms with Gasteiger partial charge in [0.2, 0.25) is 10.0 Å². The zero-order valence-electron chi connectivity index (χ0n) is 22.5. The highest BCUT2D eigenvalue weighted by molar-refractivity contribution is 7.89. The number of nitrogens with one attached hydrogen (secondary N) is 2. The van der Waals surface area contributed by atoms with E-state index in [1.54, 1.807) is 37.3 Å². The fraction of sp³-hybridized carbons (Fsp3) is 0.194. The molecule has 0 fully saturated rings. The van der Waals surface area contributed by atoms with Crippen molar-refractivity contribution in [3.63, 3.8) is 0 Å². The molecule has 0 spiro atoms. The number of esters is 1. The van der Waals surface area contributed by atoms with E-state index in [9.17, 15) is 23.3 Å². The highest BCUT2D eigenvalue weighted by Gasteiger charge is 2.49. The standard InChI is InChI=1S/C31H31N3O6S/c1-2-40-30(35)31(22-24-12-6-3-7-13-24,32-23-25-14-8-4-9-15-25)29(26-16-10-5-11-17-26)33-41(38,39)28-20-18-27(19-21-28)34(36)37/h3-21,29,32-33H,2,22-23H2,1H3. The Morgan fingerprint density at radius 3 is 1.93 bits per heavy atom. The smallest absolute Gasteiger partial charge is 0.328 e. The number of carbonyl (C=O) groups is 1. The van der Waals surface area contributed by atoms with E-state index in [1.807, 2.05) is 60.7 Å². The molecular formula is C31H31N3O6S. The number of hydrogen-bond acceptors (Lipinski definition) is 7. The molecule has 0 saturated carbocycles. The quantitative estimate of drug-likeness (QED) is 0.132. The van der Waals surface area contributed by atoms with Crippen LogP contribution in [0.3, 0.4) is 0 Å². The number of nitro groups is 1. The Morgan fingerprint density at radius 1 is 0.854 bits per heavy atom. The summed E-state index contributed by atoms with van der Waals surface area (Å²) in [6, 6.07) is 31.0. The molecule has 9 nitrogen and oxygen atoms in total. The fourth-order valence-electron chi connectivity index (χ4n) is 4.63. The number of sulfonamides is 1. The Hall–Kier alpha value is -4.38. The molecule has 0 radical (unpaired) electrons. The molecule has 4 aromatic rings. The molecule has 0 aliphatic carbocycles. The summed E-state index contributed by atoms with van der Waals surface area (Å²) in [4.78, 5) is 24.4. The van der Waals surface area contributed by atoms with E-state index < -0.39 is 32.5 Å². The number of rotatable bonds is 13. The number of nitro benzene ring substituents is 1. The number of ether oxygens (including phenoxy) is 1. The predicted octanol–water partition coefficient (Wildman–Crippen LogP) is 4.95. The van der Waals surface area contributed by atoms with Crippen molar-refractivity contribution in [3.8, 4) is 0 Å². The lowest BCUT2D eigenvalue weighted by Crippen LogP contribution is -2.62. The van der Waals surface area contributed by atoms with Gasteiger partial charge in [0.05, 0.1) is 22.5 Å². The third-order valence-electron chi connectivity index (χ3n) is 6.67. The van der Waals surface area contributed by atoms with Gasteiger partial charge in [0, 0.05) is 25.1 Å². The molecule has 4 rings (SSSR count). The first-order valence-electron chi connectivity index (χ1n) is 13.1. The molecule has 212 valence electrons. The largest absolute Gasteiger partial charge is 0.465 e. The van der Waals surface area contributed by atoms with E-state index in [4.69, 9.17) is 4.74 Å². The number of benzene rings is 4. The lowest BCUT2D eigenvalue weighted by molar-refractivity contribution is -0.384. The second-order valence-electron chi connectivity index (χ2n) is 9.41. The molecule has 2 unspecified atom stereocenters. The molecule has 0 amide bonds. The summed E-state index contributed by atoms with van der Waals surface area (Å²) in [6.45, 7) is 2.02. The maximum Gasteiger partial charge on any atom is 0.328 e. The number of hydrogen-bond donors (Lipinski definition) is 2. The summed E-state index contributed by atoms with van der Waals surface area (Å²) in [5, 5.41) is 14.5. The second kappa shape index (κ2) is 13.3. The van der Waals surface area contributed by atoms with Gasteiger partial charge in [0.25, 0.3) is 5.69 Å².